The van der Waals surface area contributed by atoms with Gasteiger partial charge < -0.3 is 15.6 Å². The van der Waals surface area contributed by atoms with E-state index in [1.165, 1.54) is 43.6 Å². The minimum Gasteiger partial charge on any atom is -0.429 e. The second kappa shape index (κ2) is 9.88. The summed E-state index contributed by atoms with van der Waals surface area (Å²) in [6.45, 7) is 5.43. The Morgan fingerprint density at radius 1 is 1.31 bits per heavy atom. The number of aliphatic hydroxyl groups excluding tert-OH is 1. The Balaban J connectivity index is 2.17. The van der Waals surface area contributed by atoms with E-state index >= 15 is 0 Å². The molecule has 0 saturated heterocycles. The molecule has 0 aliphatic heterocycles. The molecule has 1 unspecified atom stereocenters. The van der Waals surface area contributed by atoms with Gasteiger partial charge in [-0.25, -0.2) is 24.1 Å². The van der Waals surface area contributed by atoms with Gasteiger partial charge in [0.05, 0.1) is 28.8 Å². The number of rotatable bonds is 6. The lowest BCUT2D eigenvalue weighted by Crippen LogP contribution is -2.34. The molecule has 3 rings (SSSR count). The van der Waals surface area contributed by atoms with Crippen molar-refractivity contribution in [3.05, 3.63) is 70.2 Å². The first kappa shape index (κ1) is 23.4. The van der Waals surface area contributed by atoms with Crippen molar-refractivity contribution >= 4 is 23.3 Å². The van der Waals surface area contributed by atoms with Crippen molar-refractivity contribution in [2.75, 3.05) is 6.54 Å². The average Bonchev–Trinajstić information content (AvgIpc) is 2.74. The molecular weight excluding hydrogens is 437 g/mol. The number of nitrogens with one attached hydrogen (secondary N) is 1. The number of benzene rings is 1. The minimum atomic E-state index is -0.742. The fourth-order valence-corrected chi connectivity index (χ4v) is 3.05. The molecule has 0 bridgehead atoms. The molecule has 0 aliphatic rings. The van der Waals surface area contributed by atoms with Gasteiger partial charge in [0.2, 0.25) is 0 Å². The van der Waals surface area contributed by atoms with Gasteiger partial charge in [0, 0.05) is 29.5 Å². The van der Waals surface area contributed by atoms with E-state index in [-0.39, 0.29) is 40.6 Å². The number of carbonyl (C=O) groups is 1. The molecule has 0 spiro atoms. The van der Waals surface area contributed by atoms with Crippen molar-refractivity contribution in [2.24, 2.45) is 4.99 Å². The lowest BCUT2D eigenvalue weighted by atomic mass is 10.1. The van der Waals surface area contributed by atoms with Gasteiger partial charge in [-0.1, -0.05) is 25.4 Å². The van der Waals surface area contributed by atoms with Crippen LogP contribution in [-0.2, 0) is 0 Å². The molecule has 168 valence electrons. The van der Waals surface area contributed by atoms with Gasteiger partial charge in [-0.3, -0.25) is 4.79 Å². The van der Waals surface area contributed by atoms with E-state index in [1.807, 2.05) is 13.8 Å². The van der Waals surface area contributed by atoms with Crippen LogP contribution < -0.4 is 10.7 Å². The lowest BCUT2D eigenvalue weighted by molar-refractivity contribution is 0.0917. The molecule has 0 aliphatic carbocycles. The molecule has 2 aromatic heterocycles. The molecule has 32 heavy (non-hydrogen) atoms. The van der Waals surface area contributed by atoms with Gasteiger partial charge in [0.1, 0.15) is 5.82 Å². The van der Waals surface area contributed by atoms with Crippen molar-refractivity contribution in [3.8, 4) is 11.4 Å². The van der Waals surface area contributed by atoms with Gasteiger partial charge in [-0.05, 0) is 37.1 Å². The zero-order valence-corrected chi connectivity index (χ0v) is 18.5. The van der Waals surface area contributed by atoms with Crippen LogP contribution in [-0.4, -0.2) is 43.6 Å². The topological polar surface area (TPSA) is 113 Å². The van der Waals surface area contributed by atoms with Crippen molar-refractivity contribution in [2.45, 2.75) is 32.8 Å². The van der Waals surface area contributed by atoms with E-state index in [0.717, 1.165) is 4.73 Å². The van der Waals surface area contributed by atoms with Crippen LogP contribution in [0.2, 0.25) is 5.02 Å². The van der Waals surface area contributed by atoms with Gasteiger partial charge in [-0.15, -0.1) is 0 Å². The Hall–Kier alpha value is -3.30. The second-order valence-corrected chi connectivity index (χ2v) is 7.98. The predicted octanol–water partition coefficient (Wildman–Crippen LogP) is 3.44. The Labute approximate surface area is 189 Å². The number of aromatic nitrogens is 3. The van der Waals surface area contributed by atoms with Crippen LogP contribution in [0.4, 0.5) is 10.2 Å². The van der Waals surface area contributed by atoms with Crippen molar-refractivity contribution in [1.29, 1.82) is 0 Å². The molecular formula is C22H23ClFN5O3. The number of pyridine rings is 1. The maximum atomic E-state index is 14.4. The first-order valence-electron chi connectivity index (χ1n) is 9.90. The van der Waals surface area contributed by atoms with Crippen molar-refractivity contribution < 1.29 is 19.5 Å². The van der Waals surface area contributed by atoms with Crippen molar-refractivity contribution in [1.82, 2.24) is 20.0 Å². The van der Waals surface area contributed by atoms with Crippen LogP contribution >= 0.6 is 11.6 Å². The fourth-order valence-electron chi connectivity index (χ4n) is 2.88. The molecule has 1 amide bonds. The third-order valence-electron chi connectivity index (χ3n) is 4.54. The summed E-state index contributed by atoms with van der Waals surface area (Å²) < 4.78 is 15.1. The SMILES string of the molecule is CC(O)CNC(=O)c1cn(O)ccc1=Nc1nc(-c2cc(Cl)ccc2F)ncc1C(C)C. The average molecular weight is 460 g/mol. The highest BCUT2D eigenvalue weighted by Crippen LogP contribution is 2.29. The van der Waals surface area contributed by atoms with E-state index < -0.39 is 17.8 Å². The fraction of sp³-hybridized carbons (Fsp3) is 0.273. The molecule has 10 heteroatoms. The summed E-state index contributed by atoms with van der Waals surface area (Å²) in [5.41, 5.74) is 0.882. The molecule has 1 aromatic carbocycles. The highest BCUT2D eigenvalue weighted by Gasteiger charge is 2.16. The monoisotopic (exact) mass is 459 g/mol. The van der Waals surface area contributed by atoms with E-state index in [1.54, 1.807) is 6.20 Å². The number of amides is 1. The Morgan fingerprint density at radius 2 is 2.06 bits per heavy atom. The van der Waals surface area contributed by atoms with Gasteiger partial charge in [-0.2, -0.15) is 0 Å². The van der Waals surface area contributed by atoms with Crippen LogP contribution in [0, 0.1) is 5.82 Å². The summed E-state index contributed by atoms with van der Waals surface area (Å²) in [6.07, 6.45) is 3.34. The van der Waals surface area contributed by atoms with E-state index in [9.17, 15) is 19.5 Å². The van der Waals surface area contributed by atoms with Crippen LogP contribution in [0.1, 0.15) is 42.6 Å². The lowest BCUT2D eigenvalue weighted by Gasteiger charge is -2.11. The molecule has 0 saturated carbocycles. The number of carbonyl (C=O) groups excluding carboxylic acids is 1. The predicted molar refractivity (Wildman–Crippen MR) is 117 cm³/mol. The number of hydrogen-bond acceptors (Lipinski definition) is 6. The zero-order chi connectivity index (χ0) is 23.4. The molecule has 1 atom stereocenters. The number of nitrogens with zero attached hydrogens (tertiary/aromatic N) is 4. The van der Waals surface area contributed by atoms with Crippen LogP contribution in [0.5, 0.6) is 0 Å². The quantitative estimate of drug-likeness (QED) is 0.489. The molecule has 3 aromatic rings. The van der Waals surface area contributed by atoms with E-state index in [2.05, 4.69) is 20.3 Å². The van der Waals surface area contributed by atoms with Crippen molar-refractivity contribution in [3.63, 3.8) is 0 Å². The third kappa shape index (κ3) is 5.49. The minimum absolute atomic E-state index is 0.00832. The summed E-state index contributed by atoms with van der Waals surface area (Å²) in [5.74, 6) is -0.719. The summed E-state index contributed by atoms with van der Waals surface area (Å²) in [5, 5.41) is 22.4. The number of halogens is 2. The maximum Gasteiger partial charge on any atom is 0.255 e. The Kier molecular flexibility index (Phi) is 7.22. The second-order valence-electron chi connectivity index (χ2n) is 7.55. The normalized spacial score (nSPS) is 12.8. The summed E-state index contributed by atoms with van der Waals surface area (Å²) >= 11 is 6.01. The summed E-state index contributed by atoms with van der Waals surface area (Å²) in [7, 11) is 0. The number of hydrogen-bond donors (Lipinski definition) is 3. The highest BCUT2D eigenvalue weighted by atomic mass is 35.5. The summed E-state index contributed by atoms with van der Waals surface area (Å²) in [4.78, 5) is 25.8. The van der Waals surface area contributed by atoms with Crippen LogP contribution in [0.3, 0.4) is 0 Å². The molecule has 2 heterocycles. The smallest absolute Gasteiger partial charge is 0.255 e. The standard InChI is InChI=1S/C22H23ClFN5O3/c1-12(2)16-10-25-20(15-8-14(23)4-5-18(15)24)28-21(16)27-19-6-7-29(32)11-17(19)22(31)26-9-13(3)30/h4-8,10-13,30,32H,9H2,1-3H3,(H,26,31). The van der Waals surface area contributed by atoms with Crippen LogP contribution in [0.25, 0.3) is 11.4 Å². The van der Waals surface area contributed by atoms with Gasteiger partial charge in [0.25, 0.3) is 5.91 Å². The maximum absolute atomic E-state index is 14.4. The molecule has 8 nitrogen and oxygen atoms in total. The third-order valence-corrected chi connectivity index (χ3v) is 4.77. The molecule has 0 radical (unpaired) electrons. The van der Waals surface area contributed by atoms with Crippen LogP contribution in [0.15, 0.2) is 47.8 Å². The van der Waals surface area contributed by atoms with Gasteiger partial charge >= 0.3 is 0 Å². The first-order chi connectivity index (χ1) is 15.2. The van der Waals surface area contributed by atoms with E-state index in [4.69, 9.17) is 11.6 Å². The van der Waals surface area contributed by atoms with Gasteiger partial charge in [0.15, 0.2) is 11.6 Å². The Morgan fingerprint density at radius 3 is 2.75 bits per heavy atom. The zero-order valence-electron chi connectivity index (χ0n) is 17.8. The first-order valence-corrected chi connectivity index (χ1v) is 10.3. The number of aliphatic hydroxyl groups is 1. The van der Waals surface area contributed by atoms with E-state index in [0.29, 0.717) is 10.6 Å². The highest BCUT2D eigenvalue weighted by molar-refractivity contribution is 6.30. The Bertz CT molecular complexity index is 1210. The largest absolute Gasteiger partial charge is 0.429 e. The molecule has 0 fully saturated rings. The summed E-state index contributed by atoms with van der Waals surface area (Å²) in [6, 6.07) is 5.54. The molecule has 3 N–H and O–H groups in total.